The lowest BCUT2D eigenvalue weighted by molar-refractivity contribution is 0.413. The molecule has 0 radical (unpaired) electrons. The van der Waals surface area contributed by atoms with E-state index in [1.807, 2.05) is 12.1 Å². The van der Waals surface area contributed by atoms with Crippen molar-refractivity contribution < 1.29 is 13.2 Å². The average molecular weight is 298 g/mol. The second kappa shape index (κ2) is 6.56. The lowest BCUT2D eigenvalue weighted by atomic mass is 10.0. The van der Waals surface area contributed by atoms with Crippen LogP contribution in [0.4, 0.5) is 0 Å². The van der Waals surface area contributed by atoms with Crippen LogP contribution in [0.1, 0.15) is 30.9 Å². The van der Waals surface area contributed by atoms with E-state index in [1.54, 1.807) is 7.11 Å². The van der Waals surface area contributed by atoms with Gasteiger partial charge >= 0.3 is 0 Å². The SMILES string of the molecule is COc1ccc(C(NCCCS(N)(=O)=O)C2CC2)cc1. The molecule has 1 aliphatic carbocycles. The summed E-state index contributed by atoms with van der Waals surface area (Å²) in [5.74, 6) is 1.52. The Morgan fingerprint density at radius 2 is 2.00 bits per heavy atom. The van der Waals surface area contributed by atoms with E-state index in [2.05, 4.69) is 17.4 Å². The molecular formula is C14H22N2O3S. The van der Waals surface area contributed by atoms with Crippen LogP contribution in [0.15, 0.2) is 24.3 Å². The van der Waals surface area contributed by atoms with Crippen LogP contribution in [0, 0.1) is 5.92 Å². The average Bonchev–Trinajstić information content (AvgIpc) is 3.22. The van der Waals surface area contributed by atoms with Crippen molar-refractivity contribution in [2.45, 2.75) is 25.3 Å². The molecule has 0 bridgehead atoms. The predicted molar refractivity (Wildman–Crippen MR) is 79.1 cm³/mol. The summed E-state index contributed by atoms with van der Waals surface area (Å²) in [4.78, 5) is 0. The molecule has 0 aliphatic heterocycles. The van der Waals surface area contributed by atoms with Crippen molar-refractivity contribution in [2.75, 3.05) is 19.4 Å². The predicted octanol–water partition coefficient (Wildman–Crippen LogP) is 1.41. The number of hydrogen-bond donors (Lipinski definition) is 2. The van der Waals surface area contributed by atoms with Crippen molar-refractivity contribution in [2.24, 2.45) is 11.1 Å². The highest BCUT2D eigenvalue weighted by Gasteiger charge is 2.31. The number of nitrogens with one attached hydrogen (secondary N) is 1. The number of rotatable bonds is 8. The van der Waals surface area contributed by atoms with Crippen LogP contribution in [0.25, 0.3) is 0 Å². The van der Waals surface area contributed by atoms with Crippen molar-refractivity contribution in [1.29, 1.82) is 0 Å². The zero-order valence-corrected chi connectivity index (χ0v) is 12.5. The standard InChI is InChI=1S/C14H22N2O3S/c1-19-13-7-5-12(6-8-13)14(11-3-4-11)16-9-2-10-20(15,17)18/h5-8,11,14,16H,2-4,9-10H2,1H3,(H2,15,17,18). The van der Waals surface area contributed by atoms with Gasteiger partial charge in [0.05, 0.1) is 12.9 Å². The quantitative estimate of drug-likeness (QED) is 0.711. The second-order valence-electron chi connectivity index (χ2n) is 5.26. The molecule has 1 unspecified atom stereocenters. The summed E-state index contributed by atoms with van der Waals surface area (Å²) >= 11 is 0. The molecule has 1 aromatic rings. The summed E-state index contributed by atoms with van der Waals surface area (Å²) in [6, 6.07) is 8.33. The van der Waals surface area contributed by atoms with E-state index < -0.39 is 10.0 Å². The first-order chi connectivity index (χ1) is 9.49. The van der Waals surface area contributed by atoms with Crippen LogP contribution in [-0.2, 0) is 10.0 Å². The number of ether oxygens (including phenoxy) is 1. The second-order valence-corrected chi connectivity index (χ2v) is 7.00. The Hall–Kier alpha value is -1.11. The van der Waals surface area contributed by atoms with Crippen LogP contribution in [0.3, 0.4) is 0 Å². The normalized spacial score (nSPS) is 16.9. The van der Waals surface area contributed by atoms with E-state index in [-0.39, 0.29) is 5.75 Å². The minimum atomic E-state index is -3.36. The number of hydrogen-bond acceptors (Lipinski definition) is 4. The summed E-state index contributed by atoms with van der Waals surface area (Å²) in [7, 11) is -1.71. The molecule has 1 atom stereocenters. The summed E-state index contributed by atoms with van der Waals surface area (Å²) in [5.41, 5.74) is 1.23. The molecular weight excluding hydrogens is 276 g/mol. The number of primary sulfonamides is 1. The lowest BCUT2D eigenvalue weighted by Crippen LogP contribution is -2.27. The van der Waals surface area contributed by atoms with Gasteiger partial charge in [0.25, 0.3) is 0 Å². The van der Waals surface area contributed by atoms with E-state index in [0.29, 0.717) is 24.9 Å². The van der Waals surface area contributed by atoms with E-state index in [0.717, 1.165) is 5.75 Å². The molecule has 3 N–H and O–H groups in total. The van der Waals surface area contributed by atoms with Gasteiger partial charge in [-0.1, -0.05) is 12.1 Å². The zero-order valence-electron chi connectivity index (χ0n) is 11.7. The van der Waals surface area contributed by atoms with Crippen molar-refractivity contribution in [1.82, 2.24) is 5.32 Å². The Labute approximate surface area is 120 Å². The third kappa shape index (κ3) is 4.77. The summed E-state index contributed by atoms with van der Waals surface area (Å²) in [5, 5.41) is 8.45. The van der Waals surface area contributed by atoms with E-state index in [4.69, 9.17) is 9.88 Å². The third-order valence-electron chi connectivity index (χ3n) is 3.54. The Morgan fingerprint density at radius 1 is 1.35 bits per heavy atom. The first kappa shape index (κ1) is 15.3. The zero-order chi connectivity index (χ0) is 14.6. The maximum Gasteiger partial charge on any atom is 0.209 e. The first-order valence-electron chi connectivity index (χ1n) is 6.87. The Bertz CT molecular complexity index is 524. The molecule has 112 valence electrons. The minimum Gasteiger partial charge on any atom is -0.497 e. The van der Waals surface area contributed by atoms with Gasteiger partial charge in [-0.2, -0.15) is 0 Å². The van der Waals surface area contributed by atoms with Crippen LogP contribution >= 0.6 is 0 Å². The number of benzene rings is 1. The van der Waals surface area contributed by atoms with Crippen molar-refractivity contribution >= 4 is 10.0 Å². The van der Waals surface area contributed by atoms with Gasteiger partial charge in [-0.3, -0.25) is 0 Å². The van der Waals surface area contributed by atoms with Gasteiger partial charge in [-0.25, -0.2) is 13.6 Å². The van der Waals surface area contributed by atoms with Gasteiger partial charge in [0.2, 0.25) is 10.0 Å². The monoisotopic (exact) mass is 298 g/mol. The molecule has 20 heavy (non-hydrogen) atoms. The highest BCUT2D eigenvalue weighted by atomic mass is 32.2. The number of nitrogens with two attached hydrogens (primary N) is 1. The van der Waals surface area contributed by atoms with Gasteiger partial charge < -0.3 is 10.1 Å². The topological polar surface area (TPSA) is 81.4 Å². The van der Waals surface area contributed by atoms with Gasteiger partial charge in [-0.05, 0) is 49.4 Å². The Balaban J connectivity index is 1.90. The molecule has 0 saturated heterocycles. The molecule has 1 aliphatic rings. The van der Waals surface area contributed by atoms with Crippen LogP contribution in [0.5, 0.6) is 5.75 Å². The van der Waals surface area contributed by atoms with Crippen LogP contribution < -0.4 is 15.2 Å². The molecule has 2 rings (SSSR count). The number of sulfonamides is 1. The first-order valence-corrected chi connectivity index (χ1v) is 8.59. The van der Waals surface area contributed by atoms with Gasteiger partial charge in [0, 0.05) is 6.04 Å². The van der Waals surface area contributed by atoms with E-state index in [9.17, 15) is 8.42 Å². The van der Waals surface area contributed by atoms with E-state index >= 15 is 0 Å². The maximum atomic E-state index is 10.9. The molecule has 1 aromatic carbocycles. The number of methoxy groups -OCH3 is 1. The molecule has 1 saturated carbocycles. The molecule has 0 amide bonds. The summed E-state index contributed by atoms with van der Waals surface area (Å²) in [6.45, 7) is 0.656. The molecule has 0 spiro atoms. The maximum absolute atomic E-state index is 10.9. The highest BCUT2D eigenvalue weighted by molar-refractivity contribution is 7.89. The molecule has 6 heteroatoms. The third-order valence-corrected chi connectivity index (χ3v) is 4.40. The largest absolute Gasteiger partial charge is 0.497 e. The van der Waals surface area contributed by atoms with Crippen LogP contribution in [-0.4, -0.2) is 27.8 Å². The van der Waals surface area contributed by atoms with Gasteiger partial charge in [0.15, 0.2) is 0 Å². The molecule has 0 aromatic heterocycles. The fourth-order valence-electron chi connectivity index (χ4n) is 2.33. The molecule has 0 heterocycles. The molecule has 1 fully saturated rings. The Kier molecular flexibility index (Phi) is 5.01. The van der Waals surface area contributed by atoms with Crippen molar-refractivity contribution in [3.05, 3.63) is 29.8 Å². The smallest absolute Gasteiger partial charge is 0.209 e. The van der Waals surface area contributed by atoms with Crippen LogP contribution in [0.2, 0.25) is 0 Å². The van der Waals surface area contributed by atoms with Gasteiger partial charge in [0.1, 0.15) is 5.75 Å². The van der Waals surface area contributed by atoms with Crippen molar-refractivity contribution in [3.63, 3.8) is 0 Å². The summed E-state index contributed by atoms with van der Waals surface area (Å²) in [6.07, 6.45) is 2.98. The van der Waals surface area contributed by atoms with E-state index in [1.165, 1.54) is 18.4 Å². The summed E-state index contributed by atoms with van der Waals surface area (Å²) < 4.78 is 27.0. The lowest BCUT2D eigenvalue weighted by Gasteiger charge is -2.19. The minimum absolute atomic E-state index is 0.0278. The highest BCUT2D eigenvalue weighted by Crippen LogP contribution is 2.41. The fourth-order valence-corrected chi connectivity index (χ4v) is 2.88. The van der Waals surface area contributed by atoms with Gasteiger partial charge in [-0.15, -0.1) is 0 Å². The fraction of sp³-hybridized carbons (Fsp3) is 0.571. The molecule has 5 nitrogen and oxygen atoms in total. The van der Waals surface area contributed by atoms with Crippen molar-refractivity contribution in [3.8, 4) is 5.75 Å². The Morgan fingerprint density at radius 3 is 2.50 bits per heavy atom.